The molecule has 3 aromatic heterocycles. The summed E-state index contributed by atoms with van der Waals surface area (Å²) < 4.78 is 31.5. The molecular weight excluding hydrogens is 513 g/mol. The first-order valence-corrected chi connectivity index (χ1v) is 13.7. The van der Waals surface area contributed by atoms with Crippen molar-refractivity contribution in [2.75, 3.05) is 13.2 Å². The van der Waals surface area contributed by atoms with Gasteiger partial charge in [0.2, 0.25) is 11.8 Å². The smallest absolute Gasteiger partial charge is 0.240 e. The average molecular weight is 552 g/mol. The number of nitrogens with one attached hydrogen (secondary N) is 1. The summed E-state index contributed by atoms with van der Waals surface area (Å²) in [6.45, 7) is 13.2. The number of H-pyrrole nitrogens is 1. The number of aliphatic hydroxyl groups is 1. The van der Waals surface area contributed by atoms with E-state index < -0.39 is 0 Å². The molecule has 0 aliphatic carbocycles. The van der Waals surface area contributed by atoms with Gasteiger partial charge in [-0.1, -0.05) is 0 Å². The zero-order valence-electron chi connectivity index (χ0n) is 24.1. The van der Waals surface area contributed by atoms with Crippen LogP contribution >= 0.6 is 0 Å². The summed E-state index contributed by atoms with van der Waals surface area (Å²) >= 11 is 0. The summed E-state index contributed by atoms with van der Waals surface area (Å²) in [6, 6.07) is 3.15. The van der Waals surface area contributed by atoms with Gasteiger partial charge in [-0.25, -0.2) is 9.07 Å². The van der Waals surface area contributed by atoms with Crippen molar-refractivity contribution in [3.63, 3.8) is 0 Å². The summed E-state index contributed by atoms with van der Waals surface area (Å²) in [5.74, 6) is 0.598. The van der Waals surface area contributed by atoms with Crippen molar-refractivity contribution in [1.82, 2.24) is 34.7 Å². The summed E-state index contributed by atoms with van der Waals surface area (Å²) in [7, 11) is 1.79. The second kappa shape index (κ2) is 11.1. The van der Waals surface area contributed by atoms with Gasteiger partial charge in [-0.15, -0.1) is 5.10 Å². The van der Waals surface area contributed by atoms with Gasteiger partial charge >= 0.3 is 0 Å². The molecule has 11 heteroatoms. The van der Waals surface area contributed by atoms with Crippen LogP contribution in [0.3, 0.4) is 0 Å². The molecule has 0 fully saturated rings. The van der Waals surface area contributed by atoms with E-state index in [0.29, 0.717) is 47.2 Å². The lowest BCUT2D eigenvalue weighted by Crippen LogP contribution is -2.39. The van der Waals surface area contributed by atoms with Crippen LogP contribution in [-0.4, -0.2) is 71.2 Å². The third-order valence-corrected chi connectivity index (χ3v) is 7.20. The highest BCUT2D eigenvalue weighted by atomic mass is 19.1. The summed E-state index contributed by atoms with van der Waals surface area (Å²) in [5, 5.41) is 27.4. The number of hydrogen-bond donors (Lipinski definition) is 2. The number of ether oxygens (including phenoxy) is 2. The Labute approximate surface area is 233 Å². The van der Waals surface area contributed by atoms with Crippen LogP contribution in [0.2, 0.25) is 0 Å². The minimum Gasteiger partial charge on any atom is -0.473 e. The van der Waals surface area contributed by atoms with Crippen LogP contribution in [0, 0.1) is 5.82 Å². The monoisotopic (exact) mass is 551 g/mol. The third kappa shape index (κ3) is 5.23. The predicted octanol–water partition coefficient (Wildman–Crippen LogP) is 4.80. The van der Waals surface area contributed by atoms with E-state index in [1.54, 1.807) is 24.0 Å². The van der Waals surface area contributed by atoms with Gasteiger partial charge in [-0.05, 0) is 59.8 Å². The van der Waals surface area contributed by atoms with Gasteiger partial charge in [0.25, 0.3) is 0 Å². The van der Waals surface area contributed by atoms with Crippen LogP contribution in [0.1, 0.15) is 64.5 Å². The number of halogens is 1. The molecule has 0 amide bonds. The molecule has 214 valence electrons. The number of rotatable bonds is 5. The van der Waals surface area contributed by atoms with Crippen LogP contribution in [0.15, 0.2) is 18.3 Å². The molecule has 0 unspecified atom stereocenters. The van der Waals surface area contributed by atoms with Gasteiger partial charge in [-0.2, -0.15) is 10.2 Å². The SMILES string of the molecule is CC(C)Oc1nn([C@@H](C)CO)c2c1/C=C/c1n[nH]c3cc(F)c(cc13)-c1cnn(C)c1O[C@H](C)CN(C(C)C)C2. The van der Waals surface area contributed by atoms with E-state index >= 15 is 4.39 Å². The third-order valence-electron chi connectivity index (χ3n) is 7.20. The number of hydrogen-bond acceptors (Lipinski definition) is 7. The maximum absolute atomic E-state index is 15.4. The van der Waals surface area contributed by atoms with Crippen LogP contribution in [0.4, 0.5) is 4.39 Å². The Morgan fingerprint density at radius 3 is 2.65 bits per heavy atom. The van der Waals surface area contributed by atoms with Crippen molar-refractivity contribution < 1.29 is 19.0 Å². The van der Waals surface area contributed by atoms with E-state index in [9.17, 15) is 5.11 Å². The molecule has 0 saturated heterocycles. The first-order valence-electron chi connectivity index (χ1n) is 13.7. The lowest BCUT2D eigenvalue weighted by Gasteiger charge is -2.30. The molecule has 5 rings (SSSR count). The number of nitrogens with zero attached hydrogens (tertiary/aromatic N) is 6. The molecule has 2 bridgehead atoms. The predicted molar refractivity (Wildman–Crippen MR) is 153 cm³/mol. The van der Waals surface area contributed by atoms with Gasteiger partial charge in [0.15, 0.2) is 0 Å². The van der Waals surface area contributed by atoms with E-state index in [1.165, 1.54) is 6.07 Å². The fraction of sp³-hybridized carbons (Fsp3) is 0.483. The fourth-order valence-corrected chi connectivity index (χ4v) is 5.05. The number of benzene rings is 1. The Morgan fingerprint density at radius 1 is 1.18 bits per heavy atom. The number of fused-ring (bicyclic) bond motifs is 4. The Balaban J connectivity index is 1.75. The molecule has 4 aromatic rings. The topological polar surface area (TPSA) is 106 Å². The lowest BCUT2D eigenvalue weighted by atomic mass is 10.0. The summed E-state index contributed by atoms with van der Waals surface area (Å²) in [6.07, 6.45) is 5.14. The Kier molecular flexibility index (Phi) is 7.70. The van der Waals surface area contributed by atoms with Crippen LogP contribution in [0.5, 0.6) is 11.8 Å². The minimum atomic E-state index is -0.389. The zero-order valence-corrected chi connectivity index (χ0v) is 24.1. The Hall–Kier alpha value is -3.70. The molecular formula is C29H38FN7O3. The van der Waals surface area contributed by atoms with Gasteiger partial charge in [0.05, 0.1) is 53.0 Å². The van der Waals surface area contributed by atoms with Crippen molar-refractivity contribution in [2.24, 2.45) is 7.05 Å². The Bertz CT molecular complexity index is 1530. The van der Waals surface area contributed by atoms with Crippen LogP contribution < -0.4 is 9.47 Å². The van der Waals surface area contributed by atoms with Gasteiger partial charge < -0.3 is 14.6 Å². The molecule has 4 heterocycles. The van der Waals surface area contributed by atoms with Crippen LogP contribution in [0.25, 0.3) is 34.2 Å². The molecule has 1 aliphatic rings. The number of aromatic nitrogens is 6. The van der Waals surface area contributed by atoms with Crippen molar-refractivity contribution in [1.29, 1.82) is 0 Å². The second-order valence-electron chi connectivity index (χ2n) is 11.1. The van der Waals surface area contributed by atoms with Crippen molar-refractivity contribution in [2.45, 2.75) is 72.4 Å². The van der Waals surface area contributed by atoms with E-state index in [2.05, 4.69) is 34.0 Å². The number of aromatic amines is 1. The highest BCUT2D eigenvalue weighted by Gasteiger charge is 2.27. The molecule has 40 heavy (non-hydrogen) atoms. The maximum atomic E-state index is 15.4. The van der Waals surface area contributed by atoms with Crippen LogP contribution in [-0.2, 0) is 13.6 Å². The molecule has 0 spiro atoms. The quantitative estimate of drug-likeness (QED) is 0.367. The van der Waals surface area contributed by atoms with E-state index in [-0.39, 0.29) is 36.7 Å². The first-order chi connectivity index (χ1) is 19.1. The van der Waals surface area contributed by atoms with E-state index in [0.717, 1.165) is 16.6 Å². The molecule has 0 radical (unpaired) electrons. The summed E-state index contributed by atoms with van der Waals surface area (Å²) in [5.41, 5.74) is 3.93. The van der Waals surface area contributed by atoms with E-state index in [1.807, 2.05) is 44.5 Å². The van der Waals surface area contributed by atoms with E-state index in [4.69, 9.17) is 14.6 Å². The standard InChI is InChI=1S/C29H38FN7O3/c1-16(2)36-13-19(6)40-29-23(12-31-35(29)7)21-10-22-25(32-33-26(22)11-24(21)30)9-8-20-27(14-36)37(18(5)15-38)34-28(20)39-17(3)4/h8-12,16-19,38H,13-15H2,1-7H3,(H,32,33)/b9-8+/t18-,19+/m0/s1. The van der Waals surface area contributed by atoms with Crippen molar-refractivity contribution in [3.8, 4) is 22.9 Å². The fourth-order valence-electron chi connectivity index (χ4n) is 5.05. The summed E-state index contributed by atoms with van der Waals surface area (Å²) in [4.78, 5) is 2.29. The lowest BCUT2D eigenvalue weighted by molar-refractivity contribution is 0.108. The molecule has 1 aromatic carbocycles. The average Bonchev–Trinajstić information content (AvgIpc) is 3.56. The zero-order chi connectivity index (χ0) is 28.7. The molecule has 2 atom stereocenters. The number of aryl methyl sites for hydroxylation is 1. The Morgan fingerprint density at radius 2 is 1.95 bits per heavy atom. The van der Waals surface area contributed by atoms with Crippen molar-refractivity contribution >= 4 is 23.1 Å². The van der Waals surface area contributed by atoms with Crippen molar-refractivity contribution in [3.05, 3.63) is 41.1 Å². The molecule has 1 aliphatic heterocycles. The highest BCUT2D eigenvalue weighted by Crippen LogP contribution is 2.36. The van der Waals surface area contributed by atoms with Gasteiger partial charge in [-0.3, -0.25) is 14.7 Å². The highest BCUT2D eigenvalue weighted by molar-refractivity contribution is 5.93. The number of aliphatic hydroxyl groups excluding tert-OH is 1. The molecule has 2 N–H and O–H groups in total. The molecule has 0 saturated carbocycles. The largest absolute Gasteiger partial charge is 0.473 e. The maximum Gasteiger partial charge on any atom is 0.240 e. The van der Waals surface area contributed by atoms with Gasteiger partial charge in [0, 0.05) is 43.2 Å². The normalized spacial score (nSPS) is 17.9. The molecule has 10 nitrogen and oxygen atoms in total. The van der Waals surface area contributed by atoms with Gasteiger partial charge in [0.1, 0.15) is 11.9 Å². The minimum absolute atomic E-state index is 0.0677. The first kappa shape index (κ1) is 27.9. The second-order valence-corrected chi connectivity index (χ2v) is 11.1.